The van der Waals surface area contributed by atoms with Gasteiger partial charge in [0.1, 0.15) is 11.9 Å². The van der Waals surface area contributed by atoms with Crippen LogP contribution in [0.5, 0.6) is 0 Å². The minimum Gasteiger partial charge on any atom is -0.404 e. The summed E-state index contributed by atoms with van der Waals surface area (Å²) in [5.74, 6) is -0.554. The van der Waals surface area contributed by atoms with Crippen molar-refractivity contribution < 1.29 is 14.3 Å². The molecule has 2 saturated carbocycles. The lowest BCUT2D eigenvalue weighted by Gasteiger charge is -2.45. The Morgan fingerprint density at radius 3 is 1.91 bits per heavy atom. The standard InChI is InChI=1S/C26H31Cl3O3Si/c1-25(2,3)33(19-10-6-4-7-11-19,20-12-8-5-9-13-20)32-18-14-17-15-22(30)23(21(17)16-18)24(31)26(27,28)29/h4-13,17-18,21,23-24,31H,14-16H2,1-3H3/t17-,18-,21-,23+,24?/m0/s1. The number of fused-ring (bicyclic) bond motifs is 1. The van der Waals surface area contributed by atoms with Crippen molar-refractivity contribution in [3.8, 4) is 0 Å². The second-order valence-electron chi connectivity index (χ2n) is 10.5. The molecule has 0 amide bonds. The highest BCUT2D eigenvalue weighted by Crippen LogP contribution is 2.52. The van der Waals surface area contributed by atoms with Crippen LogP contribution in [0.25, 0.3) is 0 Å². The fourth-order valence-corrected chi connectivity index (χ4v) is 11.2. The van der Waals surface area contributed by atoms with Gasteiger partial charge in [0.25, 0.3) is 8.32 Å². The Kier molecular flexibility index (Phi) is 7.10. The molecule has 2 aromatic rings. The molecule has 2 aromatic carbocycles. The van der Waals surface area contributed by atoms with E-state index in [-0.39, 0.29) is 28.8 Å². The molecule has 7 heteroatoms. The molecule has 4 rings (SSSR count). The fraction of sp³-hybridized carbons (Fsp3) is 0.500. The molecule has 0 saturated heterocycles. The number of halogens is 3. The number of ketones is 1. The van der Waals surface area contributed by atoms with Crippen molar-refractivity contribution in [3.63, 3.8) is 0 Å². The van der Waals surface area contributed by atoms with Crippen molar-refractivity contribution in [2.75, 3.05) is 0 Å². The van der Waals surface area contributed by atoms with Crippen LogP contribution in [0.15, 0.2) is 60.7 Å². The van der Waals surface area contributed by atoms with E-state index < -0.39 is 24.1 Å². The van der Waals surface area contributed by atoms with Crippen LogP contribution in [0.1, 0.15) is 40.0 Å². The fourth-order valence-electron chi connectivity index (χ4n) is 6.06. The first-order valence-corrected chi connectivity index (χ1v) is 14.6. The summed E-state index contributed by atoms with van der Waals surface area (Å²) in [7, 11) is -2.69. The molecular weight excluding hydrogens is 495 g/mol. The molecule has 0 aliphatic heterocycles. The number of hydrogen-bond acceptors (Lipinski definition) is 3. The van der Waals surface area contributed by atoms with Gasteiger partial charge in [-0.3, -0.25) is 4.79 Å². The predicted molar refractivity (Wildman–Crippen MR) is 138 cm³/mol. The van der Waals surface area contributed by atoms with Gasteiger partial charge in [-0.1, -0.05) is 116 Å². The van der Waals surface area contributed by atoms with Crippen molar-refractivity contribution in [1.82, 2.24) is 0 Å². The van der Waals surface area contributed by atoms with Crippen LogP contribution in [0, 0.1) is 17.8 Å². The summed E-state index contributed by atoms with van der Waals surface area (Å²) < 4.78 is 5.39. The Morgan fingerprint density at radius 1 is 0.939 bits per heavy atom. The molecule has 5 atom stereocenters. The van der Waals surface area contributed by atoms with Crippen LogP contribution >= 0.6 is 34.8 Å². The van der Waals surface area contributed by atoms with Gasteiger partial charge in [-0.2, -0.15) is 0 Å². The molecule has 1 N–H and O–H groups in total. The molecule has 178 valence electrons. The molecule has 2 fully saturated rings. The summed E-state index contributed by atoms with van der Waals surface area (Å²) in [6.45, 7) is 6.77. The number of hydrogen-bond donors (Lipinski definition) is 1. The lowest BCUT2D eigenvalue weighted by atomic mass is 9.88. The zero-order valence-corrected chi connectivity index (χ0v) is 22.4. The summed E-state index contributed by atoms with van der Waals surface area (Å²) in [4.78, 5) is 12.7. The van der Waals surface area contributed by atoms with Crippen LogP contribution in [0.4, 0.5) is 0 Å². The third-order valence-electron chi connectivity index (χ3n) is 7.44. The van der Waals surface area contributed by atoms with E-state index in [1.165, 1.54) is 10.4 Å². The molecule has 0 radical (unpaired) electrons. The molecule has 3 nitrogen and oxygen atoms in total. The lowest BCUT2D eigenvalue weighted by Crippen LogP contribution is -2.67. The number of aliphatic hydroxyl groups excluding tert-OH is 1. The first-order valence-electron chi connectivity index (χ1n) is 11.5. The number of aliphatic hydroxyl groups is 1. The highest BCUT2D eigenvalue weighted by Gasteiger charge is 2.57. The van der Waals surface area contributed by atoms with Crippen molar-refractivity contribution in [3.05, 3.63) is 60.7 Å². The summed E-state index contributed by atoms with van der Waals surface area (Å²) in [5, 5.41) is 13.0. The molecule has 33 heavy (non-hydrogen) atoms. The van der Waals surface area contributed by atoms with E-state index in [0.29, 0.717) is 12.8 Å². The minimum absolute atomic E-state index is 0.00674. The highest BCUT2D eigenvalue weighted by atomic mass is 35.6. The van der Waals surface area contributed by atoms with E-state index in [1.807, 2.05) is 12.1 Å². The van der Waals surface area contributed by atoms with E-state index in [9.17, 15) is 9.90 Å². The third-order valence-corrected chi connectivity index (χ3v) is 13.2. The first kappa shape index (κ1) is 25.2. The van der Waals surface area contributed by atoms with E-state index >= 15 is 0 Å². The molecular formula is C26H31Cl3O3Si. The predicted octanol–water partition coefficient (Wildman–Crippen LogP) is 5.28. The molecule has 2 aliphatic rings. The Morgan fingerprint density at radius 2 is 1.45 bits per heavy atom. The van der Waals surface area contributed by atoms with Crippen LogP contribution in [-0.2, 0) is 9.22 Å². The summed E-state index contributed by atoms with van der Waals surface area (Å²) >= 11 is 18.0. The van der Waals surface area contributed by atoms with Crippen molar-refractivity contribution in [2.45, 2.75) is 61.1 Å². The Hall–Kier alpha value is -0.883. The summed E-state index contributed by atoms with van der Waals surface area (Å²) in [6.07, 6.45) is 0.544. The van der Waals surface area contributed by atoms with Crippen LogP contribution in [0.3, 0.4) is 0 Å². The maximum atomic E-state index is 12.7. The number of carbonyl (C=O) groups excluding carboxylic acids is 1. The van der Waals surface area contributed by atoms with Gasteiger partial charge in [-0.25, -0.2) is 0 Å². The van der Waals surface area contributed by atoms with Gasteiger partial charge in [-0.15, -0.1) is 0 Å². The molecule has 0 bridgehead atoms. The average molecular weight is 526 g/mol. The number of alkyl halides is 3. The Balaban J connectivity index is 1.70. The van der Waals surface area contributed by atoms with E-state index in [1.54, 1.807) is 0 Å². The van der Waals surface area contributed by atoms with Gasteiger partial charge in [-0.05, 0) is 40.1 Å². The van der Waals surface area contributed by atoms with Gasteiger partial charge in [0.05, 0.1) is 5.92 Å². The smallest absolute Gasteiger partial charge is 0.261 e. The van der Waals surface area contributed by atoms with Gasteiger partial charge in [0, 0.05) is 12.5 Å². The molecule has 1 unspecified atom stereocenters. The van der Waals surface area contributed by atoms with Crippen LogP contribution in [0.2, 0.25) is 5.04 Å². The topological polar surface area (TPSA) is 46.5 Å². The largest absolute Gasteiger partial charge is 0.404 e. The second kappa shape index (κ2) is 9.29. The lowest BCUT2D eigenvalue weighted by molar-refractivity contribution is -0.124. The van der Waals surface area contributed by atoms with E-state index in [4.69, 9.17) is 39.2 Å². The van der Waals surface area contributed by atoms with Crippen LogP contribution < -0.4 is 10.4 Å². The third kappa shape index (κ3) is 4.68. The SMILES string of the molecule is CC(C)(C)[Si](O[C@H]1C[C@H]2CC(=O)[C@H](C(O)C(Cl)(Cl)Cl)[C@H]2C1)(c1ccccc1)c1ccccc1. The quantitative estimate of drug-likeness (QED) is 0.427. The maximum Gasteiger partial charge on any atom is 0.261 e. The molecule has 0 heterocycles. The normalized spacial score (nSPS) is 26.9. The van der Waals surface area contributed by atoms with E-state index in [2.05, 4.69) is 69.3 Å². The number of rotatable bonds is 5. The van der Waals surface area contributed by atoms with Crippen molar-refractivity contribution in [2.24, 2.45) is 17.8 Å². The van der Waals surface area contributed by atoms with Gasteiger partial charge >= 0.3 is 0 Å². The van der Waals surface area contributed by atoms with Gasteiger partial charge in [0.2, 0.25) is 3.79 Å². The number of benzene rings is 2. The molecule has 0 spiro atoms. The Labute approximate surface area is 212 Å². The summed E-state index contributed by atoms with van der Waals surface area (Å²) in [5.41, 5.74) is 0. The maximum absolute atomic E-state index is 12.7. The molecule has 0 aromatic heterocycles. The van der Waals surface area contributed by atoms with Gasteiger partial charge < -0.3 is 9.53 Å². The van der Waals surface area contributed by atoms with Crippen molar-refractivity contribution in [1.29, 1.82) is 0 Å². The first-order chi connectivity index (χ1) is 15.4. The zero-order valence-electron chi connectivity index (χ0n) is 19.2. The average Bonchev–Trinajstić information content (AvgIpc) is 3.26. The van der Waals surface area contributed by atoms with E-state index in [0.717, 1.165) is 6.42 Å². The second-order valence-corrected chi connectivity index (χ2v) is 17.1. The highest BCUT2D eigenvalue weighted by molar-refractivity contribution is 6.99. The summed E-state index contributed by atoms with van der Waals surface area (Å²) in [6, 6.07) is 21.1. The Bertz CT molecular complexity index is 932. The molecule has 2 aliphatic carbocycles. The van der Waals surface area contributed by atoms with Crippen molar-refractivity contribution >= 4 is 59.3 Å². The monoisotopic (exact) mass is 524 g/mol. The number of Topliss-reactive ketones (excluding diaryl/α,β-unsaturated/α-hetero) is 1. The van der Waals surface area contributed by atoms with Crippen LogP contribution in [-0.4, -0.2) is 35.2 Å². The van der Waals surface area contributed by atoms with Gasteiger partial charge in [0.15, 0.2) is 0 Å². The number of carbonyl (C=O) groups is 1. The minimum atomic E-state index is -2.69. The zero-order chi connectivity index (χ0) is 24.0.